The first-order chi connectivity index (χ1) is 6.25. The monoisotopic (exact) mass is 194 g/mol. The topological polar surface area (TPSA) is 20.2 Å². The summed E-state index contributed by atoms with van der Waals surface area (Å²) in [6.07, 6.45) is 7.21. The molecular weight excluding hydrogens is 180 g/mol. The van der Waals surface area contributed by atoms with Gasteiger partial charge in [0.15, 0.2) is 0 Å². The van der Waals surface area contributed by atoms with E-state index in [1.54, 1.807) is 11.3 Å². The molecule has 0 aliphatic heterocycles. The van der Waals surface area contributed by atoms with Gasteiger partial charge in [-0.1, -0.05) is 0 Å². The van der Waals surface area contributed by atoms with Crippen LogP contribution in [0.3, 0.4) is 0 Å². The van der Waals surface area contributed by atoms with Crippen LogP contribution in [0.15, 0.2) is 10.8 Å². The Bertz CT molecular complexity index is 295. The third kappa shape index (κ3) is 2.87. The standard InChI is InChI=1S/C11H14OS/c1-3-4-5-6-11(12)10-8-13-7-9(10)2/h1,7-8,11-12H,4-6H2,2H3. The van der Waals surface area contributed by atoms with Crippen molar-refractivity contribution in [3.63, 3.8) is 0 Å². The highest BCUT2D eigenvalue weighted by Crippen LogP contribution is 2.25. The van der Waals surface area contributed by atoms with E-state index in [1.165, 1.54) is 5.56 Å². The molecule has 1 aromatic heterocycles. The quantitative estimate of drug-likeness (QED) is 0.577. The molecule has 1 aromatic rings. The molecule has 70 valence electrons. The van der Waals surface area contributed by atoms with E-state index in [1.807, 2.05) is 12.3 Å². The molecule has 0 fully saturated rings. The summed E-state index contributed by atoms with van der Waals surface area (Å²) < 4.78 is 0. The minimum atomic E-state index is -0.334. The summed E-state index contributed by atoms with van der Waals surface area (Å²) in [5.74, 6) is 2.57. The molecule has 0 aliphatic carbocycles. The van der Waals surface area contributed by atoms with Gasteiger partial charge in [-0.25, -0.2) is 0 Å². The molecule has 13 heavy (non-hydrogen) atoms. The normalized spacial score (nSPS) is 12.4. The summed E-state index contributed by atoms with van der Waals surface area (Å²) in [5, 5.41) is 13.8. The first kappa shape index (κ1) is 10.3. The lowest BCUT2D eigenvalue weighted by Gasteiger charge is -2.08. The maximum atomic E-state index is 9.75. The minimum absolute atomic E-state index is 0.334. The molecule has 1 heterocycles. The van der Waals surface area contributed by atoms with Gasteiger partial charge in [-0.3, -0.25) is 0 Å². The second-order valence-electron chi connectivity index (χ2n) is 3.12. The van der Waals surface area contributed by atoms with Gasteiger partial charge in [0.05, 0.1) is 6.10 Å². The van der Waals surface area contributed by atoms with E-state index in [0.29, 0.717) is 0 Å². The third-order valence-corrected chi connectivity index (χ3v) is 2.93. The van der Waals surface area contributed by atoms with Crippen molar-refractivity contribution in [2.24, 2.45) is 0 Å². The zero-order valence-electron chi connectivity index (χ0n) is 7.79. The number of rotatable bonds is 4. The van der Waals surface area contributed by atoms with Crippen LogP contribution in [0.2, 0.25) is 0 Å². The van der Waals surface area contributed by atoms with Crippen molar-refractivity contribution >= 4 is 11.3 Å². The fraction of sp³-hybridized carbons (Fsp3) is 0.455. The molecule has 0 spiro atoms. The van der Waals surface area contributed by atoms with Gasteiger partial charge in [-0.15, -0.1) is 12.3 Å². The Labute approximate surface area is 83.4 Å². The highest BCUT2D eigenvalue weighted by molar-refractivity contribution is 7.08. The fourth-order valence-corrected chi connectivity index (χ4v) is 2.16. The molecule has 0 radical (unpaired) electrons. The number of unbranched alkanes of at least 4 members (excludes halogenated alkanes) is 1. The smallest absolute Gasteiger partial charge is 0.0801 e. The molecule has 0 saturated carbocycles. The number of aryl methyl sites for hydroxylation is 1. The van der Waals surface area contributed by atoms with E-state index in [-0.39, 0.29) is 6.10 Å². The molecule has 0 saturated heterocycles. The summed E-state index contributed by atoms with van der Waals surface area (Å²) in [5.41, 5.74) is 2.24. The van der Waals surface area contributed by atoms with Gasteiger partial charge in [0.25, 0.3) is 0 Å². The maximum absolute atomic E-state index is 9.75. The zero-order chi connectivity index (χ0) is 9.68. The molecule has 0 amide bonds. The van der Waals surface area contributed by atoms with Gasteiger partial charge in [0.2, 0.25) is 0 Å². The van der Waals surface area contributed by atoms with Crippen LogP contribution in [0.25, 0.3) is 0 Å². The fourth-order valence-electron chi connectivity index (χ4n) is 1.26. The van der Waals surface area contributed by atoms with Gasteiger partial charge in [-0.05, 0) is 41.7 Å². The van der Waals surface area contributed by atoms with Crippen molar-refractivity contribution in [2.75, 3.05) is 0 Å². The van der Waals surface area contributed by atoms with Gasteiger partial charge in [-0.2, -0.15) is 11.3 Å². The highest BCUT2D eigenvalue weighted by Gasteiger charge is 2.09. The van der Waals surface area contributed by atoms with Crippen molar-refractivity contribution in [1.29, 1.82) is 0 Å². The number of thiophene rings is 1. The van der Waals surface area contributed by atoms with Crippen LogP contribution in [-0.4, -0.2) is 5.11 Å². The second-order valence-corrected chi connectivity index (χ2v) is 3.87. The Morgan fingerprint density at radius 2 is 2.38 bits per heavy atom. The van der Waals surface area contributed by atoms with Crippen LogP contribution in [0.1, 0.15) is 36.5 Å². The Kier molecular flexibility index (Phi) is 4.01. The minimum Gasteiger partial charge on any atom is -0.388 e. The Balaban J connectivity index is 2.45. The lowest BCUT2D eigenvalue weighted by atomic mass is 10.0. The van der Waals surface area contributed by atoms with Crippen LogP contribution in [-0.2, 0) is 0 Å². The van der Waals surface area contributed by atoms with Gasteiger partial charge < -0.3 is 5.11 Å². The van der Waals surface area contributed by atoms with Crippen molar-refractivity contribution < 1.29 is 5.11 Å². The molecule has 1 nitrogen and oxygen atoms in total. The molecule has 1 rings (SSSR count). The van der Waals surface area contributed by atoms with Crippen molar-refractivity contribution in [2.45, 2.75) is 32.3 Å². The van der Waals surface area contributed by atoms with Crippen LogP contribution >= 0.6 is 11.3 Å². The van der Waals surface area contributed by atoms with E-state index < -0.39 is 0 Å². The predicted octanol–water partition coefficient (Wildman–Crippen LogP) is 2.89. The molecule has 1 N–H and O–H groups in total. The average molecular weight is 194 g/mol. The van der Waals surface area contributed by atoms with Crippen LogP contribution < -0.4 is 0 Å². The van der Waals surface area contributed by atoms with Crippen LogP contribution in [0.4, 0.5) is 0 Å². The molecule has 2 heteroatoms. The zero-order valence-corrected chi connectivity index (χ0v) is 8.60. The summed E-state index contributed by atoms with van der Waals surface area (Å²) >= 11 is 1.63. The summed E-state index contributed by atoms with van der Waals surface area (Å²) in [6, 6.07) is 0. The maximum Gasteiger partial charge on any atom is 0.0801 e. The predicted molar refractivity (Wildman–Crippen MR) is 56.7 cm³/mol. The lowest BCUT2D eigenvalue weighted by Crippen LogP contribution is -1.96. The van der Waals surface area contributed by atoms with E-state index >= 15 is 0 Å². The third-order valence-electron chi connectivity index (χ3n) is 2.05. The summed E-state index contributed by atoms with van der Waals surface area (Å²) in [7, 11) is 0. The number of hydrogen-bond acceptors (Lipinski definition) is 2. The Hall–Kier alpha value is -0.780. The lowest BCUT2D eigenvalue weighted by molar-refractivity contribution is 0.165. The molecule has 0 aromatic carbocycles. The Morgan fingerprint density at radius 1 is 1.62 bits per heavy atom. The van der Waals surface area contributed by atoms with Crippen molar-refractivity contribution in [3.05, 3.63) is 21.9 Å². The van der Waals surface area contributed by atoms with Crippen LogP contribution in [0, 0.1) is 19.3 Å². The summed E-state index contributed by atoms with van der Waals surface area (Å²) in [6.45, 7) is 2.02. The van der Waals surface area contributed by atoms with Gasteiger partial charge in [0, 0.05) is 6.42 Å². The van der Waals surface area contributed by atoms with E-state index in [2.05, 4.69) is 11.3 Å². The van der Waals surface area contributed by atoms with Crippen molar-refractivity contribution in [3.8, 4) is 12.3 Å². The second kappa shape index (κ2) is 5.06. The largest absolute Gasteiger partial charge is 0.388 e. The van der Waals surface area contributed by atoms with E-state index in [4.69, 9.17) is 6.42 Å². The summed E-state index contributed by atoms with van der Waals surface area (Å²) in [4.78, 5) is 0. The molecular formula is C11H14OS. The molecule has 1 unspecified atom stereocenters. The van der Waals surface area contributed by atoms with E-state index in [0.717, 1.165) is 24.8 Å². The average Bonchev–Trinajstić information content (AvgIpc) is 2.52. The number of aliphatic hydroxyl groups excluding tert-OH is 1. The molecule has 0 bridgehead atoms. The molecule has 0 aliphatic rings. The number of terminal acetylenes is 1. The SMILES string of the molecule is C#CCCCC(O)c1cscc1C. The number of hydrogen-bond donors (Lipinski definition) is 1. The Morgan fingerprint density at radius 3 is 2.92 bits per heavy atom. The first-order valence-electron chi connectivity index (χ1n) is 4.40. The first-order valence-corrected chi connectivity index (χ1v) is 5.34. The van der Waals surface area contributed by atoms with Crippen molar-refractivity contribution in [1.82, 2.24) is 0 Å². The van der Waals surface area contributed by atoms with Gasteiger partial charge >= 0.3 is 0 Å². The number of aliphatic hydroxyl groups is 1. The van der Waals surface area contributed by atoms with Gasteiger partial charge in [0.1, 0.15) is 0 Å². The molecule has 1 atom stereocenters. The highest BCUT2D eigenvalue weighted by atomic mass is 32.1. The van der Waals surface area contributed by atoms with Crippen LogP contribution in [0.5, 0.6) is 0 Å². The van der Waals surface area contributed by atoms with E-state index in [9.17, 15) is 5.11 Å².